The molecular weight excluding hydrogens is 190 g/mol. The Morgan fingerprint density at radius 1 is 1.67 bits per heavy atom. The zero-order valence-corrected chi connectivity index (χ0v) is 10.1. The Labute approximate surface area is 92.1 Å². The third kappa shape index (κ3) is 2.98. The predicted molar refractivity (Wildman–Crippen MR) is 60.7 cm³/mol. The maximum atomic E-state index is 11.5. The molecule has 1 fully saturated rings. The molecule has 0 N–H and O–H groups in total. The van der Waals surface area contributed by atoms with Crippen molar-refractivity contribution in [3.8, 4) is 0 Å². The average Bonchev–Trinajstić information content (AvgIpc) is 2.48. The lowest BCUT2D eigenvalue weighted by molar-refractivity contribution is 0.159. The van der Waals surface area contributed by atoms with E-state index in [0.717, 1.165) is 6.42 Å². The van der Waals surface area contributed by atoms with Gasteiger partial charge in [0.2, 0.25) is 0 Å². The van der Waals surface area contributed by atoms with Crippen LogP contribution in [-0.2, 0) is 4.74 Å². The van der Waals surface area contributed by atoms with Gasteiger partial charge in [-0.2, -0.15) is 0 Å². The highest BCUT2D eigenvalue weighted by atomic mass is 16.6. The first-order valence-corrected chi connectivity index (χ1v) is 5.65. The fraction of sp³-hybridized carbons (Fsp3) is 0.750. The summed E-state index contributed by atoms with van der Waals surface area (Å²) in [6, 6.07) is 0.234. The van der Waals surface area contributed by atoms with E-state index in [9.17, 15) is 4.79 Å². The summed E-state index contributed by atoms with van der Waals surface area (Å²) in [6.45, 7) is 9.65. The minimum absolute atomic E-state index is 0.169. The first-order valence-electron chi connectivity index (χ1n) is 5.65. The highest BCUT2D eigenvalue weighted by molar-refractivity contribution is 5.70. The molecule has 3 heteroatoms. The van der Waals surface area contributed by atoms with Gasteiger partial charge in [-0.05, 0) is 19.3 Å². The molecule has 0 unspecified atom stereocenters. The van der Waals surface area contributed by atoms with Crippen LogP contribution in [0.15, 0.2) is 11.6 Å². The van der Waals surface area contributed by atoms with E-state index in [1.165, 1.54) is 5.57 Å². The molecule has 1 heterocycles. The molecule has 0 radical (unpaired) electrons. The van der Waals surface area contributed by atoms with Crippen LogP contribution in [0.4, 0.5) is 4.79 Å². The topological polar surface area (TPSA) is 29.5 Å². The largest absolute Gasteiger partial charge is 0.447 e. The lowest BCUT2D eigenvalue weighted by Gasteiger charge is -2.24. The third-order valence-electron chi connectivity index (χ3n) is 2.75. The van der Waals surface area contributed by atoms with Crippen LogP contribution in [0.2, 0.25) is 0 Å². The number of amides is 1. The van der Waals surface area contributed by atoms with Crippen LogP contribution in [-0.4, -0.2) is 30.2 Å². The molecule has 0 aromatic heterocycles. The Balaban J connectivity index is 2.64. The zero-order chi connectivity index (χ0) is 11.4. The summed E-state index contributed by atoms with van der Waals surface area (Å²) in [7, 11) is 0. The number of hydrogen-bond donors (Lipinski definition) is 0. The maximum Gasteiger partial charge on any atom is 0.410 e. The molecule has 15 heavy (non-hydrogen) atoms. The summed E-state index contributed by atoms with van der Waals surface area (Å²) < 4.78 is 5.08. The molecule has 0 aliphatic carbocycles. The van der Waals surface area contributed by atoms with Crippen LogP contribution in [0.3, 0.4) is 0 Å². The van der Waals surface area contributed by atoms with Crippen molar-refractivity contribution in [2.24, 2.45) is 5.92 Å². The normalized spacial score (nSPS) is 22.5. The molecule has 0 aromatic carbocycles. The first kappa shape index (κ1) is 12.1. The third-order valence-corrected chi connectivity index (χ3v) is 2.75. The second-order valence-electron chi connectivity index (χ2n) is 4.47. The molecule has 1 rings (SSSR count). The van der Waals surface area contributed by atoms with Crippen molar-refractivity contribution < 1.29 is 9.53 Å². The molecule has 0 saturated carbocycles. The minimum Gasteiger partial charge on any atom is -0.447 e. The fourth-order valence-corrected chi connectivity index (χ4v) is 1.88. The number of nitrogens with zero attached hydrogens (tertiary/aromatic N) is 1. The molecule has 3 nitrogen and oxygen atoms in total. The average molecular weight is 211 g/mol. The van der Waals surface area contributed by atoms with Gasteiger partial charge in [0.05, 0.1) is 6.04 Å². The van der Waals surface area contributed by atoms with E-state index >= 15 is 0 Å². The molecule has 1 aliphatic rings. The zero-order valence-electron chi connectivity index (χ0n) is 10.1. The molecular formula is C12H21NO2. The molecule has 1 amide bonds. The maximum absolute atomic E-state index is 11.5. The molecule has 86 valence electrons. The number of cyclic esters (lactones) is 1. The van der Waals surface area contributed by atoms with Gasteiger partial charge in [0.25, 0.3) is 0 Å². The molecule has 1 atom stereocenters. The van der Waals surface area contributed by atoms with Gasteiger partial charge in [-0.1, -0.05) is 32.4 Å². The molecule has 0 bridgehead atoms. The highest BCUT2D eigenvalue weighted by Crippen LogP contribution is 2.20. The van der Waals surface area contributed by atoms with Crippen LogP contribution < -0.4 is 0 Å². The molecule has 0 aromatic rings. The second kappa shape index (κ2) is 5.19. The van der Waals surface area contributed by atoms with Crippen LogP contribution in [0.5, 0.6) is 0 Å². The summed E-state index contributed by atoms with van der Waals surface area (Å²) in [6.07, 6.45) is 3.00. The Morgan fingerprint density at radius 3 is 2.87 bits per heavy atom. The molecule has 1 saturated heterocycles. The van der Waals surface area contributed by atoms with Crippen molar-refractivity contribution in [1.82, 2.24) is 4.90 Å². The number of carbonyl (C=O) groups is 1. The summed E-state index contributed by atoms with van der Waals surface area (Å²) in [4.78, 5) is 13.3. The van der Waals surface area contributed by atoms with Crippen molar-refractivity contribution in [1.29, 1.82) is 0 Å². The van der Waals surface area contributed by atoms with Gasteiger partial charge in [0.15, 0.2) is 0 Å². The van der Waals surface area contributed by atoms with Crippen molar-refractivity contribution in [3.63, 3.8) is 0 Å². The minimum atomic E-state index is -0.169. The number of allylic oxidation sites excluding steroid dienone is 1. The number of rotatable bonds is 4. The van der Waals surface area contributed by atoms with Gasteiger partial charge in [0.1, 0.15) is 6.61 Å². The SMILES string of the molecule is CCC=C(C)CN1C(=O)OC[C@H]1C(C)C. The van der Waals surface area contributed by atoms with E-state index in [4.69, 9.17) is 4.74 Å². The number of hydrogen-bond acceptors (Lipinski definition) is 2. The monoisotopic (exact) mass is 211 g/mol. The standard InChI is InChI=1S/C12H21NO2/c1-5-6-10(4)7-13-11(9(2)3)8-15-12(13)14/h6,9,11H,5,7-8H2,1-4H3/t11-/m0/s1. The smallest absolute Gasteiger partial charge is 0.410 e. The van der Waals surface area contributed by atoms with Crippen LogP contribution >= 0.6 is 0 Å². The van der Waals surface area contributed by atoms with E-state index < -0.39 is 0 Å². The summed E-state index contributed by atoms with van der Waals surface area (Å²) in [5, 5.41) is 0. The summed E-state index contributed by atoms with van der Waals surface area (Å²) in [5.41, 5.74) is 1.24. The first-order chi connectivity index (χ1) is 7.06. The lowest BCUT2D eigenvalue weighted by Crippen LogP contribution is -2.38. The Hall–Kier alpha value is -0.990. The van der Waals surface area contributed by atoms with Crippen molar-refractivity contribution in [3.05, 3.63) is 11.6 Å². The lowest BCUT2D eigenvalue weighted by atomic mass is 10.0. The van der Waals surface area contributed by atoms with E-state index in [1.54, 1.807) is 0 Å². The van der Waals surface area contributed by atoms with Gasteiger partial charge >= 0.3 is 6.09 Å². The fourth-order valence-electron chi connectivity index (χ4n) is 1.88. The van der Waals surface area contributed by atoms with Gasteiger partial charge < -0.3 is 4.74 Å². The Bertz CT molecular complexity index is 258. The van der Waals surface area contributed by atoms with E-state index in [1.807, 2.05) is 4.90 Å². The van der Waals surface area contributed by atoms with Gasteiger partial charge in [-0.25, -0.2) is 4.79 Å². The van der Waals surface area contributed by atoms with Gasteiger partial charge in [0, 0.05) is 6.54 Å². The molecule has 1 aliphatic heterocycles. The van der Waals surface area contributed by atoms with Gasteiger partial charge in [-0.15, -0.1) is 0 Å². The van der Waals surface area contributed by atoms with E-state index in [-0.39, 0.29) is 12.1 Å². The quantitative estimate of drug-likeness (QED) is 0.669. The van der Waals surface area contributed by atoms with Crippen molar-refractivity contribution in [2.45, 2.75) is 40.2 Å². The van der Waals surface area contributed by atoms with E-state index in [2.05, 4.69) is 33.8 Å². The predicted octanol–water partition coefficient (Wildman–Crippen LogP) is 2.82. The number of carbonyl (C=O) groups excluding carboxylic acids is 1. The van der Waals surface area contributed by atoms with Crippen LogP contribution in [0.1, 0.15) is 34.1 Å². The molecule has 0 spiro atoms. The highest BCUT2D eigenvalue weighted by Gasteiger charge is 2.34. The van der Waals surface area contributed by atoms with Crippen LogP contribution in [0, 0.1) is 5.92 Å². The van der Waals surface area contributed by atoms with E-state index in [0.29, 0.717) is 19.1 Å². The second-order valence-corrected chi connectivity index (χ2v) is 4.47. The van der Waals surface area contributed by atoms with Crippen molar-refractivity contribution >= 4 is 6.09 Å². The number of ether oxygens (including phenoxy) is 1. The Morgan fingerprint density at radius 2 is 2.33 bits per heavy atom. The van der Waals surface area contributed by atoms with Gasteiger partial charge in [-0.3, -0.25) is 4.90 Å². The van der Waals surface area contributed by atoms with Crippen LogP contribution in [0.25, 0.3) is 0 Å². The van der Waals surface area contributed by atoms with Crippen molar-refractivity contribution in [2.75, 3.05) is 13.2 Å². The summed E-state index contributed by atoms with van der Waals surface area (Å²) >= 11 is 0. The summed E-state index contributed by atoms with van der Waals surface area (Å²) in [5.74, 6) is 0.450. The Kier molecular flexibility index (Phi) is 4.18.